The van der Waals surface area contributed by atoms with Gasteiger partial charge in [0.25, 0.3) is 5.12 Å². The highest BCUT2D eigenvalue weighted by atomic mass is 32.2. The molecule has 0 spiro atoms. The van der Waals surface area contributed by atoms with Gasteiger partial charge in [0.15, 0.2) is 0 Å². The molecule has 0 aromatic carbocycles. The summed E-state index contributed by atoms with van der Waals surface area (Å²) < 4.78 is 28.2. The number of allylic oxidation sites excluding steroid dienone is 1. The van der Waals surface area contributed by atoms with Gasteiger partial charge in [-0.25, -0.2) is 0 Å². The third-order valence-corrected chi connectivity index (χ3v) is 1.29. The quantitative estimate of drug-likeness (QED) is 0.453. The number of carbonyl (C=O) groups excluding carboxylic acids is 1. The zero-order chi connectivity index (χ0) is 8.36. The van der Waals surface area contributed by atoms with E-state index in [1.807, 2.05) is 0 Å². The molecule has 66 valence electrons. The van der Waals surface area contributed by atoms with Crippen LogP contribution in [-0.4, -0.2) is 18.1 Å². The Hall–Kier alpha value is -0.720. The number of rotatable bonds is 1. The minimum absolute atomic E-state index is 0. The molecule has 0 aliphatic rings. The maximum Gasteiger partial charge on any atom is 0.332 e. The van der Waals surface area contributed by atoms with E-state index in [1.165, 1.54) is 0 Å². The lowest BCUT2D eigenvalue weighted by molar-refractivity contribution is -0.108. The summed E-state index contributed by atoms with van der Waals surface area (Å²) in [6.45, 7) is 3.12. The second kappa shape index (κ2) is 4.22. The molecule has 0 unspecified atom stereocenters. The molecule has 5 nitrogen and oxygen atoms in total. The second-order valence-corrected chi connectivity index (χ2v) is 3.37. The summed E-state index contributed by atoms with van der Waals surface area (Å²) in [4.78, 5) is 10.4. The Morgan fingerprint density at radius 3 is 1.82 bits per heavy atom. The van der Waals surface area contributed by atoms with Gasteiger partial charge < -0.3 is 6.15 Å². The first-order valence-corrected chi connectivity index (χ1v) is 3.94. The molecule has 0 amide bonds. The fourth-order valence-corrected chi connectivity index (χ4v) is 0.695. The van der Waals surface area contributed by atoms with E-state index < -0.39 is 15.2 Å². The second-order valence-electron chi connectivity index (χ2n) is 2.02. The van der Waals surface area contributed by atoms with Crippen molar-refractivity contribution in [1.29, 1.82) is 0 Å². The maximum atomic E-state index is 10.4. The van der Waals surface area contributed by atoms with Crippen molar-refractivity contribution in [2.24, 2.45) is 0 Å². The Kier molecular flexibility index (Phi) is 4.95. The average molecular weight is 181 g/mol. The molecular weight excluding hydrogens is 170 g/mol. The molecule has 0 aliphatic carbocycles. The van der Waals surface area contributed by atoms with Crippen LogP contribution < -0.4 is 6.15 Å². The van der Waals surface area contributed by atoms with E-state index in [9.17, 15) is 13.2 Å². The van der Waals surface area contributed by atoms with Gasteiger partial charge in [0.1, 0.15) is 0 Å². The Balaban J connectivity index is 0. The Bertz CT molecular complexity index is 260. The van der Waals surface area contributed by atoms with E-state index in [1.54, 1.807) is 13.8 Å². The Labute approximate surface area is 65.4 Å². The minimum Gasteiger partial charge on any atom is -0.344 e. The number of hydrogen-bond acceptors (Lipinski definition) is 4. The van der Waals surface area contributed by atoms with Crippen LogP contribution in [0.2, 0.25) is 0 Å². The van der Waals surface area contributed by atoms with Crippen molar-refractivity contribution in [3.8, 4) is 0 Å². The first-order valence-electron chi connectivity index (χ1n) is 2.50. The molecule has 0 rings (SSSR count). The van der Waals surface area contributed by atoms with Gasteiger partial charge >= 0.3 is 10.1 Å². The van der Waals surface area contributed by atoms with E-state index in [4.69, 9.17) is 4.55 Å². The highest BCUT2D eigenvalue weighted by Crippen LogP contribution is 1.93. The minimum atomic E-state index is -4.51. The summed E-state index contributed by atoms with van der Waals surface area (Å²) in [6.07, 6.45) is 0.856. The molecule has 0 saturated heterocycles. The first-order chi connectivity index (χ1) is 4.34. The van der Waals surface area contributed by atoms with Gasteiger partial charge in [-0.15, -0.1) is 0 Å². The third kappa shape index (κ3) is 5.71. The van der Waals surface area contributed by atoms with Gasteiger partial charge in [-0.3, -0.25) is 9.35 Å². The normalized spacial score (nSPS) is 9.73. The van der Waals surface area contributed by atoms with E-state index >= 15 is 0 Å². The van der Waals surface area contributed by atoms with Gasteiger partial charge in [-0.05, 0) is 19.9 Å². The molecule has 0 saturated carbocycles. The van der Waals surface area contributed by atoms with E-state index in [0.717, 1.165) is 6.08 Å². The molecule has 0 aliphatic heterocycles. The van der Waals surface area contributed by atoms with Crippen molar-refractivity contribution < 1.29 is 17.8 Å². The standard InChI is InChI=1S/C5H8O4S.H3N/c1-4(2)3-5(6)10(7,8)9;/h3H,1-2H3,(H,7,8,9);1H3. The predicted molar refractivity (Wildman–Crippen MR) is 41.0 cm³/mol. The van der Waals surface area contributed by atoms with Crippen molar-refractivity contribution in [2.75, 3.05) is 0 Å². The molecule has 0 atom stereocenters. The molecule has 0 fully saturated rings. The summed E-state index contributed by atoms with van der Waals surface area (Å²) in [6, 6.07) is 0. The van der Waals surface area contributed by atoms with Crippen LogP contribution in [0, 0.1) is 0 Å². The van der Waals surface area contributed by atoms with Gasteiger partial charge in [0.05, 0.1) is 0 Å². The molecule has 0 heterocycles. The lowest BCUT2D eigenvalue weighted by atomic mass is 10.3. The first kappa shape index (κ1) is 12.9. The van der Waals surface area contributed by atoms with Crippen LogP contribution in [0.25, 0.3) is 0 Å². The fraction of sp³-hybridized carbons (Fsp3) is 0.400. The highest BCUT2D eigenvalue weighted by Gasteiger charge is 2.13. The van der Waals surface area contributed by atoms with Crippen LogP contribution in [0.3, 0.4) is 0 Å². The molecular formula is C5H11NO4S. The molecule has 0 aromatic rings. The Morgan fingerprint density at radius 1 is 1.36 bits per heavy atom. The summed E-state index contributed by atoms with van der Waals surface area (Å²) in [5, 5.41) is -1.27. The number of hydrogen-bond donors (Lipinski definition) is 2. The van der Waals surface area contributed by atoms with Gasteiger partial charge in [-0.2, -0.15) is 8.42 Å². The van der Waals surface area contributed by atoms with Crippen LogP contribution in [0.4, 0.5) is 0 Å². The summed E-state index contributed by atoms with van der Waals surface area (Å²) in [5.74, 6) is 0. The smallest absolute Gasteiger partial charge is 0.332 e. The van der Waals surface area contributed by atoms with Crippen LogP contribution >= 0.6 is 0 Å². The van der Waals surface area contributed by atoms with Gasteiger partial charge in [0, 0.05) is 0 Å². The zero-order valence-electron chi connectivity index (χ0n) is 6.36. The van der Waals surface area contributed by atoms with Crippen LogP contribution in [0.15, 0.2) is 11.6 Å². The van der Waals surface area contributed by atoms with Crippen LogP contribution in [0.5, 0.6) is 0 Å². The SMILES string of the molecule is CC(C)=CC(=O)S(=O)(=O)O.N. The third-order valence-electron chi connectivity index (χ3n) is 0.661. The van der Waals surface area contributed by atoms with Gasteiger partial charge in [0.2, 0.25) is 0 Å². The molecule has 6 heteroatoms. The summed E-state index contributed by atoms with van der Waals surface area (Å²) >= 11 is 0. The van der Waals surface area contributed by atoms with Crippen molar-refractivity contribution in [1.82, 2.24) is 6.15 Å². The molecule has 0 radical (unpaired) electrons. The molecule has 0 bridgehead atoms. The zero-order valence-corrected chi connectivity index (χ0v) is 7.18. The monoisotopic (exact) mass is 181 g/mol. The highest BCUT2D eigenvalue weighted by molar-refractivity contribution is 8.01. The van der Waals surface area contributed by atoms with E-state index in [0.29, 0.717) is 5.57 Å². The average Bonchev–Trinajstić information content (AvgIpc) is 1.60. The van der Waals surface area contributed by atoms with Crippen molar-refractivity contribution in [3.63, 3.8) is 0 Å². The number of carbonyl (C=O) groups is 1. The molecule has 11 heavy (non-hydrogen) atoms. The summed E-state index contributed by atoms with van der Waals surface area (Å²) in [7, 11) is -4.51. The maximum absolute atomic E-state index is 10.4. The largest absolute Gasteiger partial charge is 0.344 e. The van der Waals surface area contributed by atoms with Crippen LogP contribution in [-0.2, 0) is 14.9 Å². The van der Waals surface area contributed by atoms with E-state index in [-0.39, 0.29) is 6.15 Å². The van der Waals surface area contributed by atoms with Crippen LogP contribution in [0.1, 0.15) is 13.8 Å². The lowest BCUT2D eigenvalue weighted by Crippen LogP contribution is -2.09. The molecule has 4 N–H and O–H groups in total. The van der Waals surface area contributed by atoms with Crippen molar-refractivity contribution in [3.05, 3.63) is 11.6 Å². The summed E-state index contributed by atoms with van der Waals surface area (Å²) in [5.41, 5.74) is 0.530. The predicted octanol–water partition coefficient (Wildman–Crippen LogP) is 0.529. The lowest BCUT2D eigenvalue weighted by Gasteiger charge is -1.88. The van der Waals surface area contributed by atoms with Crippen molar-refractivity contribution >= 4 is 15.2 Å². The van der Waals surface area contributed by atoms with Gasteiger partial charge in [-0.1, -0.05) is 5.57 Å². The fourth-order valence-electron chi connectivity index (χ4n) is 0.310. The Morgan fingerprint density at radius 2 is 1.73 bits per heavy atom. The topological polar surface area (TPSA) is 106 Å². The van der Waals surface area contributed by atoms with Crippen molar-refractivity contribution in [2.45, 2.75) is 13.8 Å². The molecule has 0 aromatic heterocycles. The van der Waals surface area contributed by atoms with E-state index in [2.05, 4.69) is 0 Å².